The van der Waals surface area contributed by atoms with Gasteiger partial charge in [-0.3, -0.25) is 14.5 Å². The SMILES string of the molecule is COCCOCCCN1C(=O)CCC(N)C1=O. The first-order valence-corrected chi connectivity index (χ1v) is 5.83. The fourth-order valence-corrected chi connectivity index (χ4v) is 1.66. The Hall–Kier alpha value is -0.980. The number of amides is 2. The summed E-state index contributed by atoms with van der Waals surface area (Å²) in [6.07, 6.45) is 1.45. The minimum absolute atomic E-state index is 0.131. The molecule has 1 aliphatic heterocycles. The van der Waals surface area contributed by atoms with Crippen molar-refractivity contribution < 1.29 is 19.1 Å². The lowest BCUT2D eigenvalue weighted by atomic mass is 10.1. The van der Waals surface area contributed by atoms with Crippen molar-refractivity contribution in [1.29, 1.82) is 0 Å². The monoisotopic (exact) mass is 244 g/mol. The molecule has 6 nitrogen and oxygen atoms in total. The molecule has 0 aromatic rings. The van der Waals surface area contributed by atoms with Crippen LogP contribution in [-0.4, -0.2) is 56.2 Å². The second-order valence-electron chi connectivity index (χ2n) is 3.99. The summed E-state index contributed by atoms with van der Waals surface area (Å²) in [5.41, 5.74) is 5.61. The van der Waals surface area contributed by atoms with Crippen LogP contribution in [0, 0.1) is 0 Å². The number of carbonyl (C=O) groups is 2. The summed E-state index contributed by atoms with van der Waals surface area (Å²) in [5, 5.41) is 0. The van der Waals surface area contributed by atoms with E-state index in [1.54, 1.807) is 7.11 Å². The highest BCUT2D eigenvalue weighted by atomic mass is 16.5. The molecule has 1 aliphatic rings. The van der Waals surface area contributed by atoms with E-state index in [2.05, 4.69) is 0 Å². The zero-order valence-electron chi connectivity index (χ0n) is 10.2. The Kier molecular flexibility index (Phi) is 6.10. The summed E-state index contributed by atoms with van der Waals surface area (Å²) in [7, 11) is 1.61. The predicted octanol–water partition coefficient (Wildman–Crippen LogP) is -0.484. The van der Waals surface area contributed by atoms with Gasteiger partial charge in [0.1, 0.15) is 0 Å². The number of likely N-dealkylation sites (tertiary alicyclic amines) is 1. The second-order valence-corrected chi connectivity index (χ2v) is 3.99. The quantitative estimate of drug-likeness (QED) is 0.483. The highest BCUT2D eigenvalue weighted by molar-refractivity contribution is 6.00. The first kappa shape index (κ1) is 14.1. The van der Waals surface area contributed by atoms with Gasteiger partial charge in [-0.25, -0.2) is 0 Å². The number of rotatable bonds is 7. The molecule has 2 N–H and O–H groups in total. The third-order valence-corrected chi connectivity index (χ3v) is 2.66. The molecule has 1 atom stereocenters. The molecular weight excluding hydrogens is 224 g/mol. The number of imide groups is 1. The van der Waals surface area contributed by atoms with Gasteiger partial charge in [-0.15, -0.1) is 0 Å². The van der Waals surface area contributed by atoms with Crippen molar-refractivity contribution in [1.82, 2.24) is 4.90 Å². The van der Waals surface area contributed by atoms with Crippen LogP contribution < -0.4 is 5.73 Å². The largest absolute Gasteiger partial charge is 0.382 e. The van der Waals surface area contributed by atoms with Gasteiger partial charge < -0.3 is 15.2 Å². The number of piperidine rings is 1. The van der Waals surface area contributed by atoms with Gasteiger partial charge in [0.15, 0.2) is 0 Å². The molecule has 1 fully saturated rings. The number of hydrogen-bond acceptors (Lipinski definition) is 5. The highest BCUT2D eigenvalue weighted by Gasteiger charge is 2.31. The van der Waals surface area contributed by atoms with Gasteiger partial charge in [0.05, 0.1) is 19.3 Å². The first-order valence-electron chi connectivity index (χ1n) is 5.83. The van der Waals surface area contributed by atoms with Crippen LogP contribution in [0.4, 0.5) is 0 Å². The van der Waals surface area contributed by atoms with E-state index in [0.717, 1.165) is 0 Å². The van der Waals surface area contributed by atoms with E-state index < -0.39 is 6.04 Å². The maximum absolute atomic E-state index is 11.6. The van der Waals surface area contributed by atoms with Crippen LogP contribution in [0.2, 0.25) is 0 Å². The molecule has 0 aliphatic carbocycles. The van der Waals surface area contributed by atoms with Gasteiger partial charge in [-0.05, 0) is 12.8 Å². The van der Waals surface area contributed by atoms with Crippen LogP contribution in [0.25, 0.3) is 0 Å². The van der Waals surface area contributed by atoms with Crippen LogP contribution >= 0.6 is 0 Å². The van der Waals surface area contributed by atoms with Crippen LogP contribution in [0.15, 0.2) is 0 Å². The van der Waals surface area contributed by atoms with E-state index in [9.17, 15) is 9.59 Å². The summed E-state index contributed by atoms with van der Waals surface area (Å²) in [6.45, 7) is 1.97. The summed E-state index contributed by atoms with van der Waals surface area (Å²) >= 11 is 0. The molecule has 1 unspecified atom stereocenters. The molecule has 0 aromatic carbocycles. The molecule has 0 radical (unpaired) electrons. The fraction of sp³-hybridized carbons (Fsp3) is 0.818. The lowest BCUT2D eigenvalue weighted by Gasteiger charge is -2.28. The Morgan fingerprint density at radius 3 is 2.82 bits per heavy atom. The van der Waals surface area contributed by atoms with Crippen molar-refractivity contribution in [2.24, 2.45) is 5.73 Å². The van der Waals surface area contributed by atoms with Crippen molar-refractivity contribution in [3.05, 3.63) is 0 Å². The van der Waals surface area contributed by atoms with Gasteiger partial charge in [0.2, 0.25) is 11.8 Å². The number of methoxy groups -OCH3 is 1. The number of ether oxygens (including phenoxy) is 2. The van der Waals surface area contributed by atoms with E-state index >= 15 is 0 Å². The Morgan fingerprint density at radius 2 is 2.12 bits per heavy atom. The van der Waals surface area contributed by atoms with Gasteiger partial charge in [-0.2, -0.15) is 0 Å². The van der Waals surface area contributed by atoms with E-state index in [0.29, 0.717) is 45.6 Å². The number of nitrogens with zero attached hydrogens (tertiary/aromatic N) is 1. The second kappa shape index (κ2) is 7.37. The standard InChI is InChI=1S/C11H20N2O4/c1-16-7-8-17-6-2-5-13-10(14)4-3-9(12)11(13)15/h9H,2-8,12H2,1H3. The molecule has 98 valence electrons. The van der Waals surface area contributed by atoms with E-state index in [-0.39, 0.29) is 11.8 Å². The normalized spacial score (nSPS) is 21.1. The highest BCUT2D eigenvalue weighted by Crippen LogP contribution is 2.11. The maximum atomic E-state index is 11.6. The van der Waals surface area contributed by atoms with Gasteiger partial charge in [-0.1, -0.05) is 0 Å². The molecule has 17 heavy (non-hydrogen) atoms. The summed E-state index contributed by atoms with van der Waals surface area (Å²) in [5.74, 6) is -0.397. The maximum Gasteiger partial charge on any atom is 0.246 e. The third kappa shape index (κ3) is 4.41. The molecule has 6 heteroatoms. The summed E-state index contributed by atoms with van der Waals surface area (Å²) in [4.78, 5) is 24.4. The molecular formula is C11H20N2O4. The van der Waals surface area contributed by atoms with E-state index in [1.807, 2.05) is 0 Å². The molecule has 0 spiro atoms. The van der Waals surface area contributed by atoms with Crippen LogP contribution in [0.5, 0.6) is 0 Å². The van der Waals surface area contributed by atoms with Crippen LogP contribution in [-0.2, 0) is 19.1 Å². The minimum atomic E-state index is -0.526. The average molecular weight is 244 g/mol. The molecule has 0 saturated carbocycles. The number of nitrogens with two attached hydrogens (primary N) is 1. The van der Waals surface area contributed by atoms with Crippen LogP contribution in [0.1, 0.15) is 19.3 Å². The number of hydrogen-bond donors (Lipinski definition) is 1. The topological polar surface area (TPSA) is 81.9 Å². The van der Waals surface area contributed by atoms with Gasteiger partial charge in [0, 0.05) is 26.7 Å². The molecule has 1 heterocycles. The van der Waals surface area contributed by atoms with Crippen molar-refractivity contribution in [2.75, 3.05) is 33.5 Å². The number of carbonyl (C=O) groups excluding carboxylic acids is 2. The fourth-order valence-electron chi connectivity index (χ4n) is 1.66. The van der Waals surface area contributed by atoms with E-state index in [1.165, 1.54) is 4.90 Å². The predicted molar refractivity (Wildman–Crippen MR) is 61.2 cm³/mol. The van der Waals surface area contributed by atoms with Crippen LogP contribution in [0.3, 0.4) is 0 Å². The van der Waals surface area contributed by atoms with Gasteiger partial charge in [0.25, 0.3) is 0 Å². The third-order valence-electron chi connectivity index (χ3n) is 2.66. The zero-order chi connectivity index (χ0) is 12.7. The first-order chi connectivity index (χ1) is 8.16. The van der Waals surface area contributed by atoms with Crippen molar-refractivity contribution in [3.63, 3.8) is 0 Å². The van der Waals surface area contributed by atoms with Crippen molar-refractivity contribution in [3.8, 4) is 0 Å². The zero-order valence-corrected chi connectivity index (χ0v) is 10.2. The smallest absolute Gasteiger partial charge is 0.246 e. The molecule has 1 saturated heterocycles. The summed E-state index contributed by atoms with van der Waals surface area (Å²) < 4.78 is 10.1. The van der Waals surface area contributed by atoms with Gasteiger partial charge >= 0.3 is 0 Å². The van der Waals surface area contributed by atoms with Crippen molar-refractivity contribution >= 4 is 11.8 Å². The summed E-state index contributed by atoms with van der Waals surface area (Å²) in [6, 6.07) is -0.526. The lowest BCUT2D eigenvalue weighted by molar-refractivity contribution is -0.149. The molecule has 1 rings (SSSR count). The molecule has 0 aromatic heterocycles. The molecule has 0 bridgehead atoms. The Balaban J connectivity index is 2.20. The van der Waals surface area contributed by atoms with E-state index in [4.69, 9.17) is 15.2 Å². The van der Waals surface area contributed by atoms with Crippen molar-refractivity contribution in [2.45, 2.75) is 25.3 Å². The molecule has 2 amide bonds. The Bertz CT molecular complexity index is 270. The lowest BCUT2D eigenvalue weighted by Crippen LogP contribution is -2.51. The minimum Gasteiger partial charge on any atom is -0.382 e. The average Bonchev–Trinajstić information content (AvgIpc) is 2.32. The Morgan fingerprint density at radius 1 is 1.35 bits per heavy atom. The Labute approximate surface area is 101 Å².